The Morgan fingerprint density at radius 2 is 2.05 bits per heavy atom. The Hall–Kier alpha value is -1.50. The first-order chi connectivity index (χ1) is 10.6. The number of rotatable bonds is 9. The Kier molecular flexibility index (Phi) is 8.65. The SMILES string of the molecule is CCNC(=NCC(NC(=O)OCC)C1CC1)NC(C)COC. The second-order valence-corrected chi connectivity index (χ2v) is 5.53. The van der Waals surface area contributed by atoms with E-state index in [2.05, 4.69) is 20.9 Å². The second kappa shape index (κ2) is 10.3. The normalized spacial score (nSPS) is 17.5. The molecule has 0 heterocycles. The van der Waals surface area contributed by atoms with E-state index >= 15 is 0 Å². The largest absolute Gasteiger partial charge is 0.450 e. The fourth-order valence-electron chi connectivity index (χ4n) is 2.17. The van der Waals surface area contributed by atoms with Crippen LogP contribution in [0.2, 0.25) is 0 Å². The van der Waals surface area contributed by atoms with Gasteiger partial charge < -0.3 is 25.4 Å². The number of aliphatic imine (C=N–C) groups is 1. The highest BCUT2D eigenvalue weighted by Crippen LogP contribution is 2.32. The van der Waals surface area contributed by atoms with Crippen molar-refractivity contribution in [2.45, 2.75) is 45.7 Å². The van der Waals surface area contributed by atoms with Crippen molar-refractivity contribution in [3.05, 3.63) is 0 Å². The Morgan fingerprint density at radius 1 is 1.32 bits per heavy atom. The number of hydrogen-bond acceptors (Lipinski definition) is 4. The van der Waals surface area contributed by atoms with Crippen LogP contribution in [0, 0.1) is 5.92 Å². The van der Waals surface area contributed by atoms with E-state index in [-0.39, 0.29) is 18.2 Å². The predicted octanol–water partition coefficient (Wildman–Crippen LogP) is 1.10. The molecule has 1 saturated carbocycles. The van der Waals surface area contributed by atoms with Gasteiger partial charge in [-0.25, -0.2) is 4.79 Å². The van der Waals surface area contributed by atoms with Gasteiger partial charge in [-0.2, -0.15) is 0 Å². The number of ether oxygens (including phenoxy) is 2. The van der Waals surface area contributed by atoms with E-state index in [4.69, 9.17) is 9.47 Å². The van der Waals surface area contributed by atoms with Crippen LogP contribution in [0.3, 0.4) is 0 Å². The van der Waals surface area contributed by atoms with E-state index in [0.717, 1.165) is 25.3 Å². The lowest BCUT2D eigenvalue weighted by atomic mass is 10.2. The molecule has 0 aromatic rings. The van der Waals surface area contributed by atoms with E-state index < -0.39 is 0 Å². The lowest BCUT2D eigenvalue weighted by molar-refractivity contribution is 0.147. The van der Waals surface area contributed by atoms with Gasteiger partial charge in [-0.1, -0.05) is 0 Å². The summed E-state index contributed by atoms with van der Waals surface area (Å²) in [4.78, 5) is 16.2. The van der Waals surface area contributed by atoms with Gasteiger partial charge in [0.2, 0.25) is 0 Å². The summed E-state index contributed by atoms with van der Waals surface area (Å²) in [7, 11) is 1.68. The van der Waals surface area contributed by atoms with E-state index in [0.29, 0.717) is 25.7 Å². The van der Waals surface area contributed by atoms with E-state index in [9.17, 15) is 4.79 Å². The van der Waals surface area contributed by atoms with Crippen molar-refractivity contribution < 1.29 is 14.3 Å². The van der Waals surface area contributed by atoms with Gasteiger partial charge in [-0.3, -0.25) is 4.99 Å². The van der Waals surface area contributed by atoms with E-state index in [1.807, 2.05) is 13.8 Å². The zero-order chi connectivity index (χ0) is 16.4. The molecule has 2 atom stereocenters. The molecule has 0 saturated heterocycles. The average Bonchev–Trinajstić information content (AvgIpc) is 3.28. The Balaban J connectivity index is 2.54. The molecule has 1 amide bonds. The minimum atomic E-state index is -0.361. The van der Waals surface area contributed by atoms with Crippen LogP contribution in [0.15, 0.2) is 4.99 Å². The van der Waals surface area contributed by atoms with Gasteiger partial charge >= 0.3 is 6.09 Å². The minimum absolute atomic E-state index is 0.0345. The summed E-state index contributed by atoms with van der Waals surface area (Å²) >= 11 is 0. The highest BCUT2D eigenvalue weighted by atomic mass is 16.5. The Morgan fingerprint density at radius 3 is 2.59 bits per heavy atom. The summed E-state index contributed by atoms with van der Waals surface area (Å²) < 4.78 is 10.1. The van der Waals surface area contributed by atoms with Crippen molar-refractivity contribution in [2.75, 3.05) is 33.4 Å². The highest BCUT2D eigenvalue weighted by molar-refractivity contribution is 5.80. The topological polar surface area (TPSA) is 84.0 Å². The van der Waals surface area contributed by atoms with Crippen molar-refractivity contribution in [3.8, 4) is 0 Å². The number of carbonyl (C=O) groups is 1. The molecule has 0 bridgehead atoms. The molecular weight excluding hydrogens is 284 g/mol. The first kappa shape index (κ1) is 18.5. The van der Waals surface area contributed by atoms with Crippen LogP contribution in [0.4, 0.5) is 4.79 Å². The van der Waals surface area contributed by atoms with Gasteiger partial charge in [0.15, 0.2) is 5.96 Å². The van der Waals surface area contributed by atoms with Gasteiger partial charge in [-0.05, 0) is 39.5 Å². The maximum absolute atomic E-state index is 11.6. The Labute approximate surface area is 133 Å². The molecular formula is C15H30N4O3. The summed E-state index contributed by atoms with van der Waals surface area (Å²) in [5.74, 6) is 1.25. The third kappa shape index (κ3) is 7.49. The molecule has 0 spiro atoms. The van der Waals surface area contributed by atoms with Crippen LogP contribution in [-0.2, 0) is 9.47 Å². The number of alkyl carbamates (subject to hydrolysis) is 1. The van der Waals surface area contributed by atoms with Crippen LogP contribution >= 0.6 is 0 Å². The minimum Gasteiger partial charge on any atom is -0.450 e. The molecule has 1 fully saturated rings. The summed E-state index contributed by atoms with van der Waals surface area (Å²) in [6.45, 7) is 8.17. The molecule has 7 heteroatoms. The quantitative estimate of drug-likeness (QED) is 0.438. The molecule has 7 nitrogen and oxygen atoms in total. The Bertz CT molecular complexity index is 359. The molecule has 22 heavy (non-hydrogen) atoms. The van der Waals surface area contributed by atoms with Crippen molar-refractivity contribution in [1.82, 2.24) is 16.0 Å². The number of guanidine groups is 1. The number of carbonyl (C=O) groups excluding carboxylic acids is 1. The van der Waals surface area contributed by atoms with Crippen LogP contribution in [0.25, 0.3) is 0 Å². The number of hydrogen-bond donors (Lipinski definition) is 3. The predicted molar refractivity (Wildman–Crippen MR) is 87.1 cm³/mol. The fourth-order valence-corrected chi connectivity index (χ4v) is 2.17. The molecule has 1 aliphatic rings. The zero-order valence-corrected chi connectivity index (χ0v) is 14.1. The van der Waals surface area contributed by atoms with Gasteiger partial charge in [0, 0.05) is 19.7 Å². The molecule has 0 aliphatic heterocycles. The summed E-state index contributed by atoms with van der Waals surface area (Å²) in [5.41, 5.74) is 0. The van der Waals surface area contributed by atoms with Crippen molar-refractivity contribution >= 4 is 12.1 Å². The zero-order valence-electron chi connectivity index (χ0n) is 14.1. The van der Waals surface area contributed by atoms with Crippen molar-refractivity contribution in [2.24, 2.45) is 10.9 Å². The number of nitrogens with zero attached hydrogens (tertiary/aromatic N) is 1. The smallest absolute Gasteiger partial charge is 0.407 e. The molecule has 1 rings (SSSR count). The van der Waals surface area contributed by atoms with Gasteiger partial charge in [0.05, 0.1) is 25.8 Å². The highest BCUT2D eigenvalue weighted by Gasteiger charge is 2.32. The van der Waals surface area contributed by atoms with Crippen molar-refractivity contribution in [1.29, 1.82) is 0 Å². The summed E-state index contributed by atoms with van der Waals surface area (Å²) in [6, 6.07) is 0.201. The molecule has 0 aromatic carbocycles. The lowest BCUT2D eigenvalue weighted by Crippen LogP contribution is -2.45. The molecule has 0 aromatic heterocycles. The maximum atomic E-state index is 11.6. The van der Waals surface area contributed by atoms with E-state index in [1.165, 1.54) is 0 Å². The standard InChI is InChI=1S/C15H30N4O3/c1-5-16-14(18-11(3)10-21-4)17-9-13(12-7-8-12)19-15(20)22-6-2/h11-13H,5-10H2,1-4H3,(H,19,20)(H2,16,17,18). The average molecular weight is 314 g/mol. The van der Waals surface area contributed by atoms with Crippen LogP contribution < -0.4 is 16.0 Å². The molecule has 2 unspecified atom stereocenters. The van der Waals surface area contributed by atoms with Crippen molar-refractivity contribution in [3.63, 3.8) is 0 Å². The maximum Gasteiger partial charge on any atom is 0.407 e. The van der Waals surface area contributed by atoms with Gasteiger partial charge in [0.25, 0.3) is 0 Å². The van der Waals surface area contributed by atoms with Gasteiger partial charge in [-0.15, -0.1) is 0 Å². The van der Waals surface area contributed by atoms with Crippen LogP contribution in [0.1, 0.15) is 33.6 Å². The lowest BCUT2D eigenvalue weighted by Gasteiger charge is -2.19. The van der Waals surface area contributed by atoms with Crippen LogP contribution in [0.5, 0.6) is 0 Å². The molecule has 3 N–H and O–H groups in total. The number of nitrogens with one attached hydrogen (secondary N) is 3. The second-order valence-electron chi connectivity index (χ2n) is 5.53. The number of amides is 1. The van der Waals surface area contributed by atoms with Gasteiger partial charge in [0.1, 0.15) is 0 Å². The first-order valence-electron chi connectivity index (χ1n) is 8.07. The summed E-state index contributed by atoms with van der Waals surface area (Å²) in [6.07, 6.45) is 1.91. The third-order valence-corrected chi connectivity index (χ3v) is 3.36. The first-order valence-corrected chi connectivity index (χ1v) is 8.07. The summed E-state index contributed by atoms with van der Waals surface area (Å²) in [5, 5.41) is 9.39. The van der Waals surface area contributed by atoms with E-state index in [1.54, 1.807) is 14.0 Å². The van der Waals surface area contributed by atoms with Crippen LogP contribution in [-0.4, -0.2) is 57.5 Å². The monoisotopic (exact) mass is 314 g/mol. The third-order valence-electron chi connectivity index (χ3n) is 3.36. The molecule has 128 valence electrons. The molecule has 0 radical (unpaired) electrons. The fraction of sp³-hybridized carbons (Fsp3) is 0.867. The molecule has 1 aliphatic carbocycles. The number of methoxy groups -OCH3 is 1.